The molecule has 1 atom stereocenters. The van der Waals surface area contributed by atoms with Crippen LogP contribution < -0.4 is 15.2 Å². The molecule has 0 fully saturated rings. The van der Waals surface area contributed by atoms with Gasteiger partial charge in [0.15, 0.2) is 0 Å². The molecule has 3 heterocycles. The molecule has 0 bridgehead atoms. The monoisotopic (exact) mass is 494 g/mol. The topological polar surface area (TPSA) is 114 Å². The highest BCUT2D eigenvalue weighted by Gasteiger charge is 2.38. The molecule has 1 amide bonds. The highest BCUT2D eigenvalue weighted by Crippen LogP contribution is 2.39. The van der Waals surface area contributed by atoms with Crippen LogP contribution in [0.15, 0.2) is 70.5 Å². The summed E-state index contributed by atoms with van der Waals surface area (Å²) in [5.41, 5.74) is 5.18. The number of fused-ring (bicyclic) bond motifs is 1. The minimum atomic E-state index is -1.46. The average molecular weight is 495 g/mol. The van der Waals surface area contributed by atoms with Gasteiger partial charge < -0.3 is 14.7 Å². The summed E-state index contributed by atoms with van der Waals surface area (Å²) in [4.78, 5) is 49.9. The van der Waals surface area contributed by atoms with Crippen molar-refractivity contribution >= 4 is 34.4 Å². The zero-order chi connectivity index (χ0) is 25.8. The third-order valence-corrected chi connectivity index (χ3v) is 6.75. The fraction of sp³-hybridized carbons (Fsp3) is 0.179. The van der Waals surface area contributed by atoms with Crippen LogP contribution in [0.5, 0.6) is 5.75 Å². The fourth-order valence-electron chi connectivity index (χ4n) is 5.23. The van der Waals surface area contributed by atoms with Crippen LogP contribution >= 0.6 is 0 Å². The Bertz CT molecular complexity index is 1710. The molecule has 0 aliphatic carbocycles. The maximum Gasteiger partial charge on any atom is 0.511 e. The molecule has 4 aromatic rings. The minimum absolute atomic E-state index is 0.0504. The third kappa shape index (κ3) is 3.67. The molecule has 0 radical (unpaired) electrons. The summed E-state index contributed by atoms with van der Waals surface area (Å²) in [6, 6.07) is 18.0. The van der Waals surface area contributed by atoms with Crippen LogP contribution in [0.3, 0.4) is 0 Å². The standard InChI is InChI=1S/C28H22N4O5/c1-15-12-18-10-11-31-24(18)21(13-15)23(17-6-4-3-5-7-17)30-25(27(31)34)32-16(2)29-22-14-19(37-28(35)36)8-9-20(22)26(32)33/h3-9,12-14,25H,10-11H2,1-2H3,(H,35,36). The van der Waals surface area contributed by atoms with Gasteiger partial charge in [0, 0.05) is 23.7 Å². The summed E-state index contributed by atoms with van der Waals surface area (Å²) >= 11 is 0. The van der Waals surface area contributed by atoms with Crippen molar-refractivity contribution in [3.8, 4) is 5.75 Å². The van der Waals surface area contributed by atoms with E-state index in [4.69, 9.17) is 14.8 Å². The molecule has 184 valence electrons. The number of carboxylic acid groups (broad SMARTS) is 1. The van der Waals surface area contributed by atoms with Crippen LogP contribution in [0.1, 0.15) is 34.2 Å². The van der Waals surface area contributed by atoms with Gasteiger partial charge in [-0.2, -0.15) is 0 Å². The van der Waals surface area contributed by atoms with Crippen LogP contribution in [0, 0.1) is 13.8 Å². The zero-order valence-corrected chi connectivity index (χ0v) is 20.1. The number of carbonyl (C=O) groups is 2. The average Bonchev–Trinajstić information content (AvgIpc) is 3.24. The quantitative estimate of drug-likeness (QED) is 0.340. The normalized spacial score (nSPS) is 16.4. The molecular formula is C28H22N4O5. The van der Waals surface area contributed by atoms with Crippen molar-refractivity contribution in [2.24, 2.45) is 4.99 Å². The maximum atomic E-state index is 14.0. The van der Waals surface area contributed by atoms with E-state index in [1.807, 2.05) is 43.3 Å². The highest BCUT2D eigenvalue weighted by molar-refractivity contribution is 6.20. The van der Waals surface area contributed by atoms with Crippen LogP contribution in [-0.4, -0.2) is 39.0 Å². The molecule has 1 N–H and O–H groups in total. The first-order valence-electron chi connectivity index (χ1n) is 11.8. The summed E-state index contributed by atoms with van der Waals surface area (Å²) in [5, 5.41) is 9.14. The number of ether oxygens (including phenoxy) is 1. The Morgan fingerprint density at radius 2 is 1.84 bits per heavy atom. The summed E-state index contributed by atoms with van der Waals surface area (Å²) in [7, 11) is 0. The van der Waals surface area contributed by atoms with E-state index in [1.165, 1.54) is 22.8 Å². The first-order valence-corrected chi connectivity index (χ1v) is 11.8. The molecule has 0 saturated heterocycles. The predicted octanol–water partition coefficient (Wildman–Crippen LogP) is 4.01. The van der Waals surface area contributed by atoms with Crippen molar-refractivity contribution in [1.82, 2.24) is 9.55 Å². The van der Waals surface area contributed by atoms with Crippen molar-refractivity contribution in [2.75, 3.05) is 11.4 Å². The smallest absolute Gasteiger partial charge is 0.449 e. The lowest BCUT2D eigenvalue weighted by Crippen LogP contribution is -2.39. The number of hydrogen-bond acceptors (Lipinski definition) is 6. The van der Waals surface area contributed by atoms with E-state index in [1.54, 1.807) is 11.8 Å². The van der Waals surface area contributed by atoms with E-state index in [-0.39, 0.29) is 28.4 Å². The summed E-state index contributed by atoms with van der Waals surface area (Å²) in [6.07, 6.45) is -1.90. The molecule has 1 unspecified atom stereocenters. The Hall–Kier alpha value is -4.79. The van der Waals surface area contributed by atoms with Gasteiger partial charge in [-0.15, -0.1) is 0 Å². The molecule has 3 aromatic carbocycles. The number of nitrogens with zero attached hydrogens (tertiary/aromatic N) is 4. The summed E-state index contributed by atoms with van der Waals surface area (Å²) < 4.78 is 6.03. The molecule has 1 aromatic heterocycles. The number of anilines is 1. The predicted molar refractivity (Wildman–Crippen MR) is 138 cm³/mol. The van der Waals surface area contributed by atoms with E-state index in [0.717, 1.165) is 34.4 Å². The molecule has 9 heteroatoms. The SMILES string of the molecule is Cc1cc2c3c(c1)C(c1ccccc1)=NC(n1c(C)nc4cc(OC(=O)O)ccc4c1=O)C(=O)N3CC2. The van der Waals surface area contributed by atoms with Gasteiger partial charge in [-0.25, -0.2) is 14.8 Å². The number of amides is 1. The first-order chi connectivity index (χ1) is 17.8. The first kappa shape index (κ1) is 22.7. The van der Waals surface area contributed by atoms with Gasteiger partial charge in [0.05, 0.1) is 22.3 Å². The molecule has 0 spiro atoms. The molecule has 2 aliphatic heterocycles. The van der Waals surface area contributed by atoms with Crippen LogP contribution in [0.25, 0.3) is 10.9 Å². The van der Waals surface area contributed by atoms with Crippen LogP contribution in [-0.2, 0) is 11.2 Å². The van der Waals surface area contributed by atoms with Crippen molar-refractivity contribution < 1.29 is 19.4 Å². The Kier molecular flexibility index (Phi) is 5.15. The molecular weight excluding hydrogens is 472 g/mol. The second-order valence-electron chi connectivity index (χ2n) is 9.16. The molecule has 6 rings (SSSR count). The van der Waals surface area contributed by atoms with Crippen LogP contribution in [0.4, 0.5) is 10.5 Å². The van der Waals surface area contributed by atoms with Gasteiger partial charge in [0.25, 0.3) is 11.5 Å². The number of aromatic nitrogens is 2. The van der Waals surface area contributed by atoms with E-state index in [0.29, 0.717) is 12.3 Å². The van der Waals surface area contributed by atoms with Crippen molar-refractivity contribution in [3.63, 3.8) is 0 Å². The number of benzene rings is 3. The second-order valence-corrected chi connectivity index (χ2v) is 9.16. The lowest BCUT2D eigenvalue weighted by atomic mass is 9.96. The van der Waals surface area contributed by atoms with Crippen molar-refractivity contribution in [3.05, 3.63) is 99.1 Å². The van der Waals surface area contributed by atoms with E-state index in [9.17, 15) is 14.4 Å². The van der Waals surface area contributed by atoms with Gasteiger partial charge in [-0.1, -0.05) is 42.0 Å². The van der Waals surface area contributed by atoms with Gasteiger partial charge in [-0.3, -0.25) is 14.2 Å². The Morgan fingerprint density at radius 1 is 1.05 bits per heavy atom. The van der Waals surface area contributed by atoms with E-state index >= 15 is 0 Å². The lowest BCUT2D eigenvalue weighted by Gasteiger charge is -2.23. The van der Waals surface area contributed by atoms with Gasteiger partial charge in [0.1, 0.15) is 11.6 Å². The lowest BCUT2D eigenvalue weighted by molar-refractivity contribution is -0.121. The van der Waals surface area contributed by atoms with Crippen LogP contribution in [0.2, 0.25) is 0 Å². The van der Waals surface area contributed by atoms with Crippen molar-refractivity contribution in [1.29, 1.82) is 0 Å². The summed E-state index contributed by atoms with van der Waals surface area (Å²) in [5.74, 6) is 0.0300. The Morgan fingerprint density at radius 3 is 2.59 bits per heavy atom. The van der Waals surface area contributed by atoms with Gasteiger partial charge >= 0.3 is 6.16 Å². The minimum Gasteiger partial charge on any atom is -0.449 e. The van der Waals surface area contributed by atoms with Gasteiger partial charge in [0.2, 0.25) is 6.17 Å². The molecule has 0 saturated carbocycles. The zero-order valence-electron chi connectivity index (χ0n) is 20.1. The second kappa shape index (κ2) is 8.41. The molecule has 2 aliphatic rings. The fourth-order valence-corrected chi connectivity index (χ4v) is 5.23. The molecule has 37 heavy (non-hydrogen) atoms. The van der Waals surface area contributed by atoms with E-state index < -0.39 is 17.9 Å². The largest absolute Gasteiger partial charge is 0.511 e. The Balaban J connectivity index is 1.59. The maximum absolute atomic E-state index is 14.0. The molecule has 9 nitrogen and oxygen atoms in total. The van der Waals surface area contributed by atoms with Crippen molar-refractivity contribution in [2.45, 2.75) is 26.4 Å². The number of carbonyl (C=O) groups excluding carboxylic acids is 1. The number of aryl methyl sites for hydroxylation is 2. The number of aliphatic imine (C=N–C) groups is 1. The summed E-state index contributed by atoms with van der Waals surface area (Å²) in [6.45, 7) is 4.16. The van der Waals surface area contributed by atoms with E-state index in [2.05, 4.69) is 11.1 Å². The number of rotatable bonds is 3. The number of hydrogen-bond donors (Lipinski definition) is 1. The third-order valence-electron chi connectivity index (χ3n) is 6.75. The Labute approximate surface area is 211 Å². The highest BCUT2D eigenvalue weighted by atomic mass is 16.7. The van der Waals surface area contributed by atoms with Gasteiger partial charge in [-0.05, 0) is 44.0 Å².